The lowest BCUT2D eigenvalue weighted by atomic mass is 9.97. The topological polar surface area (TPSA) is 87.0 Å². The van der Waals surface area contributed by atoms with Crippen molar-refractivity contribution >= 4 is 37.7 Å². The monoisotopic (exact) mass is 529 g/mol. The van der Waals surface area contributed by atoms with Crippen molar-refractivity contribution in [1.29, 1.82) is 0 Å². The number of halogens is 4. The molecule has 32 heavy (non-hydrogen) atoms. The van der Waals surface area contributed by atoms with Crippen LogP contribution in [0.2, 0.25) is 0 Å². The summed E-state index contributed by atoms with van der Waals surface area (Å²) in [6, 6.07) is 10.3. The van der Waals surface area contributed by atoms with E-state index in [0.717, 1.165) is 6.07 Å². The highest BCUT2D eigenvalue weighted by molar-refractivity contribution is 9.10. The fourth-order valence-electron chi connectivity index (χ4n) is 3.63. The molecule has 2 aromatic rings. The number of amides is 1. The molecule has 2 aliphatic heterocycles. The largest absolute Gasteiger partial charge is 0.292 e. The zero-order valence-corrected chi connectivity index (χ0v) is 19.1. The van der Waals surface area contributed by atoms with Gasteiger partial charge in [-0.1, -0.05) is 18.2 Å². The summed E-state index contributed by atoms with van der Waals surface area (Å²) in [5.41, 5.74) is -2.99. The van der Waals surface area contributed by atoms with E-state index in [-0.39, 0.29) is 29.2 Å². The number of alkyl halides is 2. The number of aliphatic imine (C=N–C) groups is 1. The number of carbonyl (C=O) groups excluding carboxylic acids is 1. The zero-order chi connectivity index (χ0) is 22.9. The summed E-state index contributed by atoms with van der Waals surface area (Å²) < 4.78 is 63.4. The quantitative estimate of drug-likeness (QED) is 0.614. The first kappa shape index (κ1) is 22.7. The number of fused-ring (bicyclic) bond motifs is 1. The number of hydrogen-bond donors (Lipinski definition) is 1. The van der Waals surface area contributed by atoms with Crippen LogP contribution in [-0.4, -0.2) is 50.6 Å². The summed E-state index contributed by atoms with van der Waals surface area (Å²) in [4.78, 5) is 20.8. The highest BCUT2D eigenvalue weighted by Crippen LogP contribution is 2.40. The van der Waals surface area contributed by atoms with Gasteiger partial charge in [-0.25, -0.2) is 31.7 Å². The van der Waals surface area contributed by atoms with Crippen LogP contribution in [0, 0.1) is 5.82 Å². The first-order chi connectivity index (χ1) is 15.2. The van der Waals surface area contributed by atoms with Crippen LogP contribution in [-0.2, 0) is 15.5 Å². The van der Waals surface area contributed by atoms with E-state index in [0.29, 0.717) is 12.8 Å². The molecule has 2 atom stereocenters. The van der Waals surface area contributed by atoms with Gasteiger partial charge in [-0.2, -0.15) is 0 Å². The second-order valence-electron chi connectivity index (χ2n) is 7.36. The molecule has 0 spiro atoms. The van der Waals surface area contributed by atoms with Gasteiger partial charge in [0.25, 0.3) is 12.3 Å². The van der Waals surface area contributed by atoms with Gasteiger partial charge < -0.3 is 0 Å². The number of aromatic nitrogens is 1. The van der Waals surface area contributed by atoms with E-state index in [9.17, 15) is 22.2 Å². The van der Waals surface area contributed by atoms with E-state index in [1.165, 1.54) is 10.4 Å². The third-order valence-corrected chi connectivity index (χ3v) is 8.09. The summed E-state index contributed by atoms with van der Waals surface area (Å²) in [7, 11) is -3.47. The number of hydrogen-bond acceptors (Lipinski definition) is 5. The summed E-state index contributed by atoms with van der Waals surface area (Å²) in [5.74, 6) is -2.72. The van der Waals surface area contributed by atoms with E-state index >= 15 is 0 Å². The van der Waals surface area contributed by atoms with E-state index in [1.807, 2.05) is 0 Å². The van der Waals surface area contributed by atoms with E-state index in [4.69, 9.17) is 0 Å². The molecule has 4 rings (SSSR count). The van der Waals surface area contributed by atoms with Crippen LogP contribution < -0.4 is 5.32 Å². The highest BCUT2D eigenvalue weighted by Gasteiger charge is 2.53. The Labute approximate surface area is 191 Å². The van der Waals surface area contributed by atoms with Crippen molar-refractivity contribution in [3.05, 3.63) is 64.1 Å². The predicted octanol–water partition coefficient (Wildman–Crippen LogP) is 3.72. The fourth-order valence-corrected chi connectivity index (χ4v) is 6.41. The molecular formula is C20H19BrF3N5O2S. The van der Waals surface area contributed by atoms with Crippen molar-refractivity contribution in [2.75, 3.05) is 18.8 Å². The number of nitrogens with zero attached hydrogens (tertiary/aromatic N) is 4. The second-order valence-corrected chi connectivity index (χ2v) is 10.4. The SMILES string of the molecule is O=C(NC1=N[C@@](c2nc(Br)ccc2F)(C(F)F)CS2(=O)=NCCCCN12)c1ccccc1. The zero-order valence-electron chi connectivity index (χ0n) is 16.7. The minimum absolute atomic E-state index is 0.120. The molecule has 1 N–H and O–H groups in total. The molecule has 12 heteroatoms. The third kappa shape index (κ3) is 4.13. The number of benzene rings is 1. The average molecular weight is 530 g/mol. The number of rotatable bonds is 3. The predicted molar refractivity (Wildman–Crippen MR) is 117 cm³/mol. The van der Waals surface area contributed by atoms with E-state index in [2.05, 4.69) is 35.6 Å². The Bertz CT molecular complexity index is 1190. The molecule has 0 fully saturated rings. The summed E-state index contributed by atoms with van der Waals surface area (Å²) >= 11 is 3.07. The van der Waals surface area contributed by atoms with Gasteiger partial charge in [0.05, 0.1) is 12.3 Å². The van der Waals surface area contributed by atoms with Crippen molar-refractivity contribution in [2.45, 2.75) is 24.8 Å². The van der Waals surface area contributed by atoms with Gasteiger partial charge in [-0.3, -0.25) is 14.4 Å². The molecule has 0 saturated carbocycles. The van der Waals surface area contributed by atoms with Gasteiger partial charge in [-0.05, 0) is 53.0 Å². The first-order valence-electron chi connectivity index (χ1n) is 9.80. The number of nitrogens with one attached hydrogen (secondary N) is 1. The Morgan fingerprint density at radius 2 is 1.94 bits per heavy atom. The summed E-state index contributed by atoms with van der Waals surface area (Å²) in [6.45, 7) is 0.396. The van der Waals surface area contributed by atoms with Crippen molar-refractivity contribution in [1.82, 2.24) is 14.6 Å². The standard InChI is InChI=1S/C20H19BrF3N5O2S/c21-15-9-8-14(22)16(26-15)20(18(23)24)12-32(31)25-10-4-5-11-29(32)19(28-20)27-17(30)13-6-2-1-3-7-13/h1-3,6-9,18H,4-5,10-12H2,(H,27,28,30)/t20-,32?/m0/s1. The molecule has 0 saturated heterocycles. The Balaban J connectivity index is 1.91. The van der Waals surface area contributed by atoms with E-state index < -0.39 is 45.1 Å². The van der Waals surface area contributed by atoms with Crippen LogP contribution in [0.5, 0.6) is 0 Å². The Hall–Kier alpha value is -2.47. The third-order valence-electron chi connectivity index (χ3n) is 5.20. The van der Waals surface area contributed by atoms with Gasteiger partial charge in [0.1, 0.15) is 26.0 Å². The lowest BCUT2D eigenvalue weighted by Gasteiger charge is -2.40. The van der Waals surface area contributed by atoms with E-state index in [1.54, 1.807) is 30.3 Å². The second kappa shape index (κ2) is 8.81. The molecule has 1 aromatic heterocycles. The van der Waals surface area contributed by atoms with Crippen molar-refractivity contribution in [3.63, 3.8) is 0 Å². The van der Waals surface area contributed by atoms with Gasteiger partial charge in [0.15, 0.2) is 5.54 Å². The Morgan fingerprint density at radius 1 is 1.19 bits per heavy atom. The van der Waals surface area contributed by atoms with Crippen molar-refractivity contribution in [2.24, 2.45) is 9.36 Å². The molecule has 3 heterocycles. The van der Waals surface area contributed by atoms with Crippen molar-refractivity contribution < 1.29 is 22.2 Å². The molecule has 1 unspecified atom stereocenters. The molecule has 0 aliphatic carbocycles. The van der Waals surface area contributed by atoms with Gasteiger partial charge in [0, 0.05) is 12.1 Å². The van der Waals surface area contributed by atoms with Crippen LogP contribution in [0.3, 0.4) is 0 Å². The smallest absolute Gasteiger partial charge is 0.270 e. The molecule has 7 nitrogen and oxygen atoms in total. The highest BCUT2D eigenvalue weighted by atomic mass is 79.9. The maximum Gasteiger partial charge on any atom is 0.270 e. The molecule has 0 radical (unpaired) electrons. The molecule has 1 amide bonds. The van der Waals surface area contributed by atoms with Crippen LogP contribution in [0.25, 0.3) is 0 Å². The molecule has 1 aromatic carbocycles. The van der Waals surface area contributed by atoms with Gasteiger partial charge >= 0.3 is 0 Å². The number of pyridine rings is 1. The van der Waals surface area contributed by atoms with Crippen LogP contribution >= 0.6 is 15.9 Å². The minimum atomic E-state index is -3.47. The number of guanidine groups is 1. The average Bonchev–Trinajstić information content (AvgIpc) is 2.97. The molecule has 170 valence electrons. The van der Waals surface area contributed by atoms with Crippen LogP contribution in [0.4, 0.5) is 13.2 Å². The molecular weight excluding hydrogens is 511 g/mol. The number of carbonyl (C=O) groups is 1. The maximum absolute atomic E-state index is 14.7. The van der Waals surface area contributed by atoms with Crippen LogP contribution in [0.1, 0.15) is 28.9 Å². The summed E-state index contributed by atoms with van der Waals surface area (Å²) in [6.07, 6.45) is -2.09. The summed E-state index contributed by atoms with van der Waals surface area (Å²) in [5, 5.41) is 2.50. The van der Waals surface area contributed by atoms with Gasteiger partial charge in [-0.15, -0.1) is 0 Å². The van der Waals surface area contributed by atoms with Crippen molar-refractivity contribution in [3.8, 4) is 0 Å². The fraction of sp³-hybridized carbons (Fsp3) is 0.350. The molecule has 2 aliphatic rings. The van der Waals surface area contributed by atoms with Gasteiger partial charge in [0.2, 0.25) is 5.96 Å². The lowest BCUT2D eigenvalue weighted by molar-refractivity contribution is 0.0585. The lowest BCUT2D eigenvalue weighted by Crippen LogP contribution is -2.57. The first-order valence-corrected chi connectivity index (χ1v) is 12.2. The Morgan fingerprint density at radius 3 is 2.66 bits per heavy atom. The minimum Gasteiger partial charge on any atom is -0.292 e. The van der Waals surface area contributed by atoms with Crippen LogP contribution in [0.15, 0.2) is 56.4 Å². The molecule has 0 bridgehead atoms. The Kier molecular flexibility index (Phi) is 6.26. The maximum atomic E-state index is 14.7. The normalized spacial score (nSPS) is 25.4.